The molecule has 3 aromatic rings. The summed E-state index contributed by atoms with van der Waals surface area (Å²) in [5.41, 5.74) is 1.32. The molecule has 0 unspecified atom stereocenters. The minimum atomic E-state index is -1.71. The van der Waals surface area contributed by atoms with Crippen molar-refractivity contribution in [1.29, 1.82) is 0 Å². The Balaban J connectivity index is 0.000000424. The van der Waals surface area contributed by atoms with Gasteiger partial charge in [0.2, 0.25) is 0 Å². The minimum Gasteiger partial charge on any atom is -0.493 e. The summed E-state index contributed by atoms with van der Waals surface area (Å²) in [7, 11) is 1.60. The van der Waals surface area contributed by atoms with Crippen LogP contribution in [-0.4, -0.2) is 89.4 Å². The number of halogens is 2. The number of nitrogens with zero attached hydrogens (tertiary/aromatic N) is 3. The van der Waals surface area contributed by atoms with Crippen LogP contribution in [0.1, 0.15) is 12.8 Å². The number of anilines is 2. The summed E-state index contributed by atoms with van der Waals surface area (Å²) in [5, 5.41) is 19.6. The van der Waals surface area contributed by atoms with E-state index in [-0.39, 0.29) is 5.02 Å². The van der Waals surface area contributed by atoms with E-state index in [1.165, 1.54) is 18.5 Å². The minimum absolute atomic E-state index is 0.0364. The molecule has 12 nitrogen and oxygen atoms in total. The average Bonchev–Trinajstić information content (AvgIpc) is 2.93. The van der Waals surface area contributed by atoms with Crippen molar-refractivity contribution in [2.45, 2.75) is 12.8 Å². The fraction of sp³-hybridized carbons (Fsp3) is 0.346. The quantitative estimate of drug-likeness (QED) is 0.173. The molecule has 2 aromatic carbocycles. The molecule has 1 saturated heterocycles. The second-order valence-corrected chi connectivity index (χ2v) is 8.86. The lowest BCUT2D eigenvalue weighted by Gasteiger charge is -2.26. The highest BCUT2D eigenvalue weighted by Crippen LogP contribution is 2.35. The van der Waals surface area contributed by atoms with Gasteiger partial charge in [-0.25, -0.2) is 19.2 Å². The molecule has 4 rings (SSSR count). The predicted octanol–water partition coefficient (Wildman–Crippen LogP) is 3.39. The van der Waals surface area contributed by atoms with Gasteiger partial charge in [0, 0.05) is 36.8 Å². The number of rotatable bonds is 11. The second-order valence-electron chi connectivity index (χ2n) is 8.45. The number of hydrogen-bond donors (Lipinski definition) is 3. The fourth-order valence-corrected chi connectivity index (χ4v) is 3.84. The van der Waals surface area contributed by atoms with Crippen molar-refractivity contribution in [3.63, 3.8) is 0 Å². The number of nitrogens with one attached hydrogen (secondary N) is 1. The van der Waals surface area contributed by atoms with E-state index in [2.05, 4.69) is 20.2 Å². The Bertz CT molecular complexity index is 1350. The van der Waals surface area contributed by atoms with Crippen molar-refractivity contribution < 1.29 is 43.2 Å². The molecule has 1 aliphatic heterocycles. The van der Waals surface area contributed by atoms with Gasteiger partial charge in [0.15, 0.2) is 11.5 Å². The Morgan fingerprint density at radius 3 is 2.50 bits per heavy atom. The third-order valence-corrected chi connectivity index (χ3v) is 5.92. The van der Waals surface area contributed by atoms with Gasteiger partial charge in [-0.2, -0.15) is 0 Å². The van der Waals surface area contributed by atoms with E-state index in [1.807, 2.05) is 12.1 Å². The Kier molecular flexibility index (Phi) is 11.4. The number of carbonyl (C=O) groups is 3. The van der Waals surface area contributed by atoms with Gasteiger partial charge in [0.25, 0.3) is 5.78 Å². The number of carboxylic acids is 2. The van der Waals surface area contributed by atoms with Gasteiger partial charge in [-0.3, -0.25) is 14.5 Å². The van der Waals surface area contributed by atoms with Crippen LogP contribution >= 0.6 is 11.6 Å². The van der Waals surface area contributed by atoms with Crippen molar-refractivity contribution in [2.75, 3.05) is 51.9 Å². The van der Waals surface area contributed by atoms with E-state index >= 15 is 0 Å². The number of Topliss-reactive ketones (excluding diaryl/α,β-unsaturated/α-hetero) is 1. The summed E-state index contributed by atoms with van der Waals surface area (Å²) >= 11 is 5.90. The van der Waals surface area contributed by atoms with Crippen LogP contribution in [0.3, 0.4) is 0 Å². The van der Waals surface area contributed by atoms with Crippen LogP contribution < -0.4 is 14.8 Å². The van der Waals surface area contributed by atoms with Crippen molar-refractivity contribution in [1.82, 2.24) is 14.9 Å². The molecular formula is C26H28ClFN4O8. The van der Waals surface area contributed by atoms with Gasteiger partial charge in [0.1, 0.15) is 24.4 Å². The highest BCUT2D eigenvalue weighted by Gasteiger charge is 2.15. The molecule has 40 heavy (non-hydrogen) atoms. The number of ketones is 1. The summed E-state index contributed by atoms with van der Waals surface area (Å²) in [4.78, 5) is 40.3. The SMILES string of the molecule is COc1cc2ncnc(Nc3ccc(F)c(Cl)c3)c2cc1OCCCN1CCOCC1.O=C(O)CC(=O)C(=O)O. The van der Waals surface area contributed by atoms with Crippen LogP contribution in [0, 0.1) is 5.82 Å². The number of carboxylic acid groups (broad SMARTS) is 2. The van der Waals surface area contributed by atoms with Crippen LogP contribution in [0.2, 0.25) is 5.02 Å². The first kappa shape index (κ1) is 30.5. The lowest BCUT2D eigenvalue weighted by Crippen LogP contribution is -2.37. The second kappa shape index (κ2) is 14.9. The van der Waals surface area contributed by atoms with Gasteiger partial charge in [-0.1, -0.05) is 11.6 Å². The zero-order chi connectivity index (χ0) is 29.1. The smallest absolute Gasteiger partial charge is 0.372 e. The summed E-state index contributed by atoms with van der Waals surface area (Å²) in [5.74, 6) is -3.13. The maximum atomic E-state index is 13.5. The van der Waals surface area contributed by atoms with Crippen LogP contribution in [0.15, 0.2) is 36.7 Å². The number of fused-ring (bicyclic) bond motifs is 1. The van der Waals surface area contributed by atoms with E-state index in [9.17, 15) is 18.8 Å². The van der Waals surface area contributed by atoms with Crippen LogP contribution in [0.25, 0.3) is 10.9 Å². The number of hydrogen-bond acceptors (Lipinski definition) is 10. The maximum Gasteiger partial charge on any atom is 0.372 e. The molecular weight excluding hydrogens is 551 g/mol. The van der Waals surface area contributed by atoms with Crippen LogP contribution in [0.4, 0.5) is 15.9 Å². The van der Waals surface area contributed by atoms with Crippen molar-refractivity contribution >= 4 is 51.7 Å². The lowest BCUT2D eigenvalue weighted by molar-refractivity contribution is -0.152. The molecule has 214 valence electrons. The van der Waals surface area contributed by atoms with E-state index in [4.69, 9.17) is 36.0 Å². The largest absolute Gasteiger partial charge is 0.493 e. The molecule has 3 N–H and O–H groups in total. The molecule has 1 aliphatic rings. The highest BCUT2D eigenvalue weighted by molar-refractivity contribution is 6.35. The van der Waals surface area contributed by atoms with E-state index < -0.39 is 30.0 Å². The van der Waals surface area contributed by atoms with Crippen molar-refractivity contribution in [2.24, 2.45) is 0 Å². The van der Waals surface area contributed by atoms with E-state index in [0.717, 1.165) is 44.7 Å². The fourth-order valence-electron chi connectivity index (χ4n) is 3.65. The first-order valence-electron chi connectivity index (χ1n) is 12.1. The van der Waals surface area contributed by atoms with Gasteiger partial charge >= 0.3 is 11.9 Å². The third kappa shape index (κ3) is 9.00. The molecule has 0 atom stereocenters. The molecule has 0 spiro atoms. The lowest BCUT2D eigenvalue weighted by atomic mass is 10.2. The molecule has 2 heterocycles. The molecule has 1 aromatic heterocycles. The standard InChI is InChI=1S/C22H24ClFN4O3.C4H4O5/c1-29-20-13-19-16(12-21(20)31-8-2-5-28-6-9-30-10-7-28)22(26-14-25-19)27-15-3-4-18(24)17(23)11-15;5-2(4(8)9)1-3(6)7/h3-4,11-14H,2,5-10H2,1H3,(H,25,26,27);1H2,(H,6,7)(H,8,9). The van der Waals surface area contributed by atoms with Crippen molar-refractivity contribution in [3.8, 4) is 11.5 Å². The Labute approximate surface area is 233 Å². The predicted molar refractivity (Wildman–Crippen MR) is 143 cm³/mol. The third-order valence-electron chi connectivity index (χ3n) is 5.63. The number of morpholine rings is 1. The Morgan fingerprint density at radius 1 is 1.12 bits per heavy atom. The first-order valence-corrected chi connectivity index (χ1v) is 12.5. The highest BCUT2D eigenvalue weighted by atomic mass is 35.5. The van der Waals surface area contributed by atoms with Gasteiger partial charge in [-0.15, -0.1) is 0 Å². The van der Waals surface area contributed by atoms with E-state index in [0.29, 0.717) is 35.1 Å². The average molecular weight is 579 g/mol. The molecule has 0 amide bonds. The summed E-state index contributed by atoms with van der Waals surface area (Å²) < 4.78 is 30.4. The number of aliphatic carboxylic acids is 2. The molecule has 1 fully saturated rings. The van der Waals surface area contributed by atoms with Gasteiger partial charge < -0.3 is 29.7 Å². The monoisotopic (exact) mass is 578 g/mol. The molecule has 0 saturated carbocycles. The Hall–Kier alpha value is -4.07. The molecule has 0 bridgehead atoms. The molecule has 14 heteroatoms. The number of ether oxygens (including phenoxy) is 3. The number of benzene rings is 2. The molecule has 0 aliphatic carbocycles. The van der Waals surface area contributed by atoms with Crippen LogP contribution in [0.5, 0.6) is 11.5 Å². The topological polar surface area (TPSA) is 160 Å². The molecule has 0 radical (unpaired) electrons. The zero-order valence-electron chi connectivity index (χ0n) is 21.6. The van der Waals surface area contributed by atoms with Crippen LogP contribution in [-0.2, 0) is 19.1 Å². The number of aromatic nitrogens is 2. The Morgan fingerprint density at radius 2 is 1.88 bits per heavy atom. The van der Waals surface area contributed by atoms with Gasteiger partial charge in [-0.05, 0) is 30.7 Å². The van der Waals surface area contributed by atoms with E-state index in [1.54, 1.807) is 13.2 Å². The van der Waals surface area contributed by atoms with Gasteiger partial charge in [0.05, 0.1) is 37.5 Å². The normalized spacial score (nSPS) is 13.2. The number of methoxy groups -OCH3 is 1. The maximum absolute atomic E-state index is 13.5. The van der Waals surface area contributed by atoms with Crippen molar-refractivity contribution in [3.05, 3.63) is 47.5 Å². The summed E-state index contributed by atoms with van der Waals surface area (Å²) in [6.45, 7) is 5.00. The number of carbonyl (C=O) groups excluding carboxylic acids is 1. The first-order chi connectivity index (χ1) is 19.2. The zero-order valence-corrected chi connectivity index (χ0v) is 22.3. The summed E-state index contributed by atoms with van der Waals surface area (Å²) in [6, 6.07) is 8.09. The summed E-state index contributed by atoms with van der Waals surface area (Å²) in [6.07, 6.45) is 1.40.